The van der Waals surface area contributed by atoms with Gasteiger partial charge >= 0.3 is 0 Å². The number of fused-ring (bicyclic) bond motifs is 1. The summed E-state index contributed by atoms with van der Waals surface area (Å²) in [7, 11) is 4.24. The van der Waals surface area contributed by atoms with Gasteiger partial charge in [0.15, 0.2) is 0 Å². The molecule has 0 radical (unpaired) electrons. The van der Waals surface area contributed by atoms with Gasteiger partial charge in [0.05, 0.1) is 0 Å². The lowest BCUT2D eigenvalue weighted by atomic mass is 9.93. The first-order valence-corrected chi connectivity index (χ1v) is 6.18. The van der Waals surface area contributed by atoms with Gasteiger partial charge in [-0.2, -0.15) is 0 Å². The fourth-order valence-corrected chi connectivity index (χ4v) is 2.39. The minimum Gasteiger partial charge on any atom is -0.310 e. The molecule has 0 saturated heterocycles. The van der Waals surface area contributed by atoms with Crippen molar-refractivity contribution >= 4 is 0 Å². The van der Waals surface area contributed by atoms with Crippen LogP contribution in [0.2, 0.25) is 0 Å². The van der Waals surface area contributed by atoms with Crippen molar-refractivity contribution in [1.82, 2.24) is 10.2 Å². The van der Waals surface area contributed by atoms with Crippen LogP contribution in [0.25, 0.3) is 0 Å². The van der Waals surface area contributed by atoms with Crippen LogP contribution in [0.5, 0.6) is 0 Å². The van der Waals surface area contributed by atoms with Gasteiger partial charge in [-0.15, -0.1) is 0 Å². The lowest BCUT2D eigenvalue weighted by molar-refractivity contribution is 0.401. The maximum Gasteiger partial charge on any atom is 0.0227 e. The predicted molar refractivity (Wildman–Crippen MR) is 68.5 cm³/mol. The summed E-state index contributed by atoms with van der Waals surface area (Å²) in [6, 6.07) is 7.60. The molecule has 0 spiro atoms. The first kappa shape index (κ1) is 11.6. The van der Waals surface area contributed by atoms with Crippen LogP contribution in [-0.2, 0) is 19.5 Å². The van der Waals surface area contributed by atoms with Gasteiger partial charge in [0.1, 0.15) is 0 Å². The minimum atomic E-state index is 0.669. The van der Waals surface area contributed by atoms with E-state index in [0.29, 0.717) is 6.04 Å². The molecule has 0 saturated carbocycles. The summed E-state index contributed by atoms with van der Waals surface area (Å²) in [4.78, 5) is 2.22. The molecule has 88 valence electrons. The third-order valence-corrected chi connectivity index (χ3v) is 3.31. The molecule has 1 heterocycles. The van der Waals surface area contributed by atoms with E-state index in [-0.39, 0.29) is 0 Å². The Morgan fingerprint density at radius 2 is 2.12 bits per heavy atom. The fourth-order valence-electron chi connectivity index (χ4n) is 2.39. The maximum absolute atomic E-state index is 3.57. The number of nitrogens with zero attached hydrogens (tertiary/aromatic N) is 1. The molecule has 16 heavy (non-hydrogen) atoms. The molecule has 2 heteroatoms. The molecule has 2 rings (SSSR count). The standard InChI is InChI=1S/C14H22N2/c1-4-14-8-13-7-11(10-16(2)3)5-6-12(13)9-15-14/h5-7,14-15H,4,8-10H2,1-3H3. The second-order valence-corrected chi connectivity index (χ2v) is 5.03. The lowest BCUT2D eigenvalue weighted by Gasteiger charge is -2.26. The van der Waals surface area contributed by atoms with Gasteiger partial charge in [-0.05, 0) is 43.6 Å². The molecule has 0 amide bonds. The van der Waals surface area contributed by atoms with Crippen molar-refractivity contribution < 1.29 is 0 Å². The van der Waals surface area contributed by atoms with E-state index < -0.39 is 0 Å². The molecule has 0 aromatic heterocycles. The van der Waals surface area contributed by atoms with Crippen LogP contribution in [0.4, 0.5) is 0 Å². The number of hydrogen-bond donors (Lipinski definition) is 1. The lowest BCUT2D eigenvalue weighted by Crippen LogP contribution is -2.34. The van der Waals surface area contributed by atoms with E-state index in [2.05, 4.69) is 49.4 Å². The summed E-state index contributed by atoms with van der Waals surface area (Å²) >= 11 is 0. The topological polar surface area (TPSA) is 15.3 Å². The zero-order chi connectivity index (χ0) is 11.5. The third kappa shape index (κ3) is 2.63. The monoisotopic (exact) mass is 218 g/mol. The number of nitrogens with one attached hydrogen (secondary N) is 1. The van der Waals surface area contributed by atoms with Gasteiger partial charge in [0, 0.05) is 19.1 Å². The van der Waals surface area contributed by atoms with Gasteiger partial charge in [0.25, 0.3) is 0 Å². The SMILES string of the molecule is CCC1Cc2cc(CN(C)C)ccc2CN1. The normalized spacial score (nSPS) is 19.9. The van der Waals surface area contributed by atoms with Gasteiger partial charge in [-0.3, -0.25) is 0 Å². The summed E-state index contributed by atoms with van der Waals surface area (Å²) < 4.78 is 0. The smallest absolute Gasteiger partial charge is 0.0227 e. The van der Waals surface area contributed by atoms with Crippen LogP contribution in [-0.4, -0.2) is 25.0 Å². The van der Waals surface area contributed by atoms with Gasteiger partial charge < -0.3 is 10.2 Å². The minimum absolute atomic E-state index is 0.669. The predicted octanol–water partition coefficient (Wildman–Crippen LogP) is 2.17. The summed E-state index contributed by atoms with van der Waals surface area (Å²) in [5, 5.41) is 3.57. The van der Waals surface area contributed by atoms with Crippen molar-refractivity contribution in [3.63, 3.8) is 0 Å². The van der Waals surface area contributed by atoms with Crippen LogP contribution < -0.4 is 5.32 Å². The Morgan fingerprint density at radius 1 is 1.31 bits per heavy atom. The Bertz CT molecular complexity index is 358. The Kier molecular flexibility index (Phi) is 3.62. The molecule has 1 aliphatic heterocycles. The Morgan fingerprint density at radius 3 is 2.81 bits per heavy atom. The summed E-state index contributed by atoms with van der Waals surface area (Å²) in [5.41, 5.74) is 4.46. The van der Waals surface area contributed by atoms with Crippen molar-refractivity contribution in [1.29, 1.82) is 0 Å². The third-order valence-electron chi connectivity index (χ3n) is 3.31. The molecule has 0 aliphatic carbocycles. The quantitative estimate of drug-likeness (QED) is 0.836. The van der Waals surface area contributed by atoms with E-state index in [1.54, 1.807) is 5.56 Å². The highest BCUT2D eigenvalue weighted by Gasteiger charge is 2.16. The Hall–Kier alpha value is -0.860. The average molecular weight is 218 g/mol. The maximum atomic E-state index is 3.57. The summed E-state index contributed by atoms with van der Waals surface area (Å²) in [5.74, 6) is 0. The Labute approximate surface area is 98.7 Å². The molecular formula is C14H22N2. The average Bonchev–Trinajstić information content (AvgIpc) is 2.27. The van der Waals surface area contributed by atoms with Crippen molar-refractivity contribution in [3.8, 4) is 0 Å². The zero-order valence-corrected chi connectivity index (χ0v) is 10.6. The second-order valence-electron chi connectivity index (χ2n) is 5.03. The molecule has 2 nitrogen and oxygen atoms in total. The Balaban J connectivity index is 2.17. The van der Waals surface area contributed by atoms with E-state index in [1.165, 1.54) is 24.0 Å². The molecule has 0 fully saturated rings. The first-order chi connectivity index (χ1) is 7.69. The first-order valence-electron chi connectivity index (χ1n) is 6.18. The van der Waals surface area contributed by atoms with Crippen molar-refractivity contribution in [2.45, 2.75) is 38.9 Å². The van der Waals surface area contributed by atoms with E-state index in [4.69, 9.17) is 0 Å². The molecule has 1 aliphatic rings. The van der Waals surface area contributed by atoms with Crippen molar-refractivity contribution in [3.05, 3.63) is 34.9 Å². The largest absolute Gasteiger partial charge is 0.310 e. The van der Waals surface area contributed by atoms with Crippen LogP contribution in [0.1, 0.15) is 30.0 Å². The van der Waals surface area contributed by atoms with E-state index in [0.717, 1.165) is 13.1 Å². The molecular weight excluding hydrogens is 196 g/mol. The highest BCUT2D eigenvalue weighted by molar-refractivity contribution is 5.34. The molecule has 0 bridgehead atoms. The van der Waals surface area contributed by atoms with E-state index >= 15 is 0 Å². The van der Waals surface area contributed by atoms with E-state index in [1.807, 2.05) is 0 Å². The molecule has 1 aromatic carbocycles. The van der Waals surface area contributed by atoms with Gasteiger partial charge in [-0.25, -0.2) is 0 Å². The molecule has 1 aromatic rings. The molecule has 1 N–H and O–H groups in total. The highest BCUT2D eigenvalue weighted by Crippen LogP contribution is 2.20. The molecule has 1 atom stereocenters. The van der Waals surface area contributed by atoms with E-state index in [9.17, 15) is 0 Å². The molecule has 1 unspecified atom stereocenters. The van der Waals surface area contributed by atoms with Crippen LogP contribution in [0.3, 0.4) is 0 Å². The summed E-state index contributed by atoms with van der Waals surface area (Å²) in [6.45, 7) is 4.33. The van der Waals surface area contributed by atoms with Gasteiger partial charge in [0.2, 0.25) is 0 Å². The summed E-state index contributed by atoms with van der Waals surface area (Å²) in [6.07, 6.45) is 2.41. The highest BCUT2D eigenvalue weighted by atomic mass is 15.0. The van der Waals surface area contributed by atoms with Crippen LogP contribution in [0, 0.1) is 0 Å². The fraction of sp³-hybridized carbons (Fsp3) is 0.571. The second kappa shape index (κ2) is 4.98. The van der Waals surface area contributed by atoms with Gasteiger partial charge in [-0.1, -0.05) is 25.1 Å². The zero-order valence-electron chi connectivity index (χ0n) is 10.6. The van der Waals surface area contributed by atoms with Crippen molar-refractivity contribution in [2.75, 3.05) is 14.1 Å². The number of benzene rings is 1. The number of hydrogen-bond acceptors (Lipinski definition) is 2. The van der Waals surface area contributed by atoms with Crippen LogP contribution >= 0.6 is 0 Å². The van der Waals surface area contributed by atoms with Crippen molar-refractivity contribution in [2.24, 2.45) is 0 Å². The van der Waals surface area contributed by atoms with Crippen LogP contribution in [0.15, 0.2) is 18.2 Å². The number of rotatable bonds is 3.